The molecular formula is C9H11NO2S. The fourth-order valence-electron chi connectivity index (χ4n) is 1.73. The largest absolute Gasteiger partial charge is 0.481 e. The molecule has 1 aliphatic heterocycles. The molecule has 1 aliphatic rings. The van der Waals surface area contributed by atoms with Crippen LogP contribution in [0.15, 0.2) is 0 Å². The average Bonchev–Trinajstić information content (AvgIpc) is 2.55. The molecule has 0 saturated carbocycles. The van der Waals surface area contributed by atoms with Crippen molar-refractivity contribution in [3.63, 3.8) is 0 Å². The van der Waals surface area contributed by atoms with Gasteiger partial charge < -0.3 is 10.1 Å². The number of carbonyl (C=O) groups is 1. The summed E-state index contributed by atoms with van der Waals surface area (Å²) in [6.07, 6.45) is 0.151. The zero-order valence-corrected chi connectivity index (χ0v) is 8.20. The van der Waals surface area contributed by atoms with Crippen LogP contribution < -0.4 is 0 Å². The van der Waals surface area contributed by atoms with Gasteiger partial charge in [-0.25, -0.2) is 0 Å². The van der Waals surface area contributed by atoms with E-state index in [1.165, 1.54) is 11.3 Å². The van der Waals surface area contributed by atoms with Crippen molar-refractivity contribution in [3.8, 4) is 0 Å². The summed E-state index contributed by atoms with van der Waals surface area (Å²) in [4.78, 5) is 13.8. The van der Waals surface area contributed by atoms with Gasteiger partial charge >= 0.3 is 5.97 Å². The number of H-pyrrole nitrogens is 1. The normalized spacial score (nSPS) is 14.5. The van der Waals surface area contributed by atoms with E-state index in [4.69, 9.17) is 5.11 Å². The summed E-state index contributed by atoms with van der Waals surface area (Å²) in [7, 11) is 0. The van der Waals surface area contributed by atoms with E-state index in [1.807, 2.05) is 18.7 Å². The van der Waals surface area contributed by atoms with E-state index in [-0.39, 0.29) is 6.42 Å². The average molecular weight is 197 g/mol. The second-order valence-corrected chi connectivity index (χ2v) is 4.23. The molecule has 13 heavy (non-hydrogen) atoms. The summed E-state index contributed by atoms with van der Waals surface area (Å²) in [6, 6.07) is 0. The molecule has 0 saturated heterocycles. The number of aryl methyl sites for hydroxylation is 1. The zero-order valence-electron chi connectivity index (χ0n) is 7.39. The second-order valence-electron chi connectivity index (χ2n) is 3.25. The minimum atomic E-state index is -0.748. The van der Waals surface area contributed by atoms with Gasteiger partial charge in [0.05, 0.1) is 6.42 Å². The molecule has 0 unspecified atom stereocenters. The lowest BCUT2D eigenvalue weighted by atomic mass is 10.1. The van der Waals surface area contributed by atoms with E-state index in [9.17, 15) is 4.79 Å². The maximum absolute atomic E-state index is 10.6. The van der Waals surface area contributed by atoms with Gasteiger partial charge in [-0.15, -0.1) is 0 Å². The highest BCUT2D eigenvalue weighted by Crippen LogP contribution is 2.33. The predicted molar refractivity (Wildman–Crippen MR) is 51.9 cm³/mol. The van der Waals surface area contributed by atoms with Gasteiger partial charge in [-0.3, -0.25) is 4.79 Å². The number of hydrogen-bond donors (Lipinski definition) is 2. The molecule has 0 bridgehead atoms. The Morgan fingerprint density at radius 3 is 3.08 bits per heavy atom. The van der Waals surface area contributed by atoms with Crippen LogP contribution in [0.1, 0.15) is 22.5 Å². The first-order valence-electron chi connectivity index (χ1n) is 4.17. The quantitative estimate of drug-likeness (QED) is 0.758. The lowest BCUT2D eigenvalue weighted by Crippen LogP contribution is -2.02. The summed E-state index contributed by atoms with van der Waals surface area (Å²) >= 11 is 1.84. The number of rotatable bonds is 2. The minimum Gasteiger partial charge on any atom is -0.481 e. The Hall–Kier alpha value is -0.900. The van der Waals surface area contributed by atoms with Crippen molar-refractivity contribution < 1.29 is 9.90 Å². The van der Waals surface area contributed by atoms with Crippen LogP contribution in [0.5, 0.6) is 0 Å². The molecule has 2 N–H and O–H groups in total. The third-order valence-corrected chi connectivity index (χ3v) is 3.33. The third kappa shape index (κ3) is 1.46. The number of thioether (sulfide) groups is 1. The molecule has 0 radical (unpaired) electrons. The van der Waals surface area contributed by atoms with E-state index in [0.29, 0.717) is 0 Å². The second kappa shape index (κ2) is 3.10. The van der Waals surface area contributed by atoms with Crippen LogP contribution in [0.2, 0.25) is 0 Å². The summed E-state index contributed by atoms with van der Waals surface area (Å²) in [5, 5.41) is 8.72. The summed E-state index contributed by atoms with van der Waals surface area (Å²) in [5.41, 5.74) is 4.46. The SMILES string of the molecule is Cc1[nH]c2c(c1CC(=O)O)CSC2. The Labute approximate surface area is 80.5 Å². The highest BCUT2D eigenvalue weighted by atomic mass is 32.2. The zero-order chi connectivity index (χ0) is 9.42. The number of nitrogens with one attached hydrogen (secondary N) is 1. The summed E-state index contributed by atoms with van der Waals surface area (Å²) < 4.78 is 0. The standard InChI is InChI=1S/C9H11NO2S/c1-5-6(2-9(11)12)7-3-13-4-8(7)10-5/h10H,2-4H2,1H3,(H,11,12). The summed E-state index contributed by atoms with van der Waals surface area (Å²) in [5.74, 6) is 1.21. The molecule has 3 nitrogen and oxygen atoms in total. The Kier molecular flexibility index (Phi) is 2.07. The topological polar surface area (TPSA) is 53.1 Å². The molecule has 0 amide bonds. The van der Waals surface area contributed by atoms with E-state index in [2.05, 4.69) is 4.98 Å². The first kappa shape index (κ1) is 8.69. The maximum atomic E-state index is 10.6. The van der Waals surface area contributed by atoms with E-state index < -0.39 is 5.97 Å². The third-order valence-electron chi connectivity index (χ3n) is 2.34. The lowest BCUT2D eigenvalue weighted by Gasteiger charge is -1.98. The van der Waals surface area contributed by atoms with Crippen LogP contribution in [-0.4, -0.2) is 16.1 Å². The van der Waals surface area contributed by atoms with E-state index in [1.54, 1.807) is 0 Å². The first-order valence-corrected chi connectivity index (χ1v) is 5.32. The summed E-state index contributed by atoms with van der Waals surface area (Å²) in [6.45, 7) is 1.95. The van der Waals surface area contributed by atoms with Crippen molar-refractivity contribution in [1.82, 2.24) is 4.98 Å². The van der Waals surface area contributed by atoms with Gasteiger partial charge in [0.15, 0.2) is 0 Å². The fraction of sp³-hybridized carbons (Fsp3) is 0.444. The van der Waals surface area contributed by atoms with Crippen molar-refractivity contribution >= 4 is 17.7 Å². The molecule has 0 aromatic carbocycles. The monoisotopic (exact) mass is 197 g/mol. The minimum absolute atomic E-state index is 0.151. The van der Waals surface area contributed by atoms with E-state index >= 15 is 0 Å². The molecule has 2 rings (SSSR count). The van der Waals surface area contributed by atoms with Crippen LogP contribution in [0, 0.1) is 6.92 Å². The van der Waals surface area contributed by atoms with Crippen LogP contribution in [0.4, 0.5) is 0 Å². The number of aliphatic carboxylic acids is 1. The molecule has 2 heterocycles. The molecule has 1 aromatic heterocycles. The molecule has 1 aromatic rings. The van der Waals surface area contributed by atoms with Crippen molar-refractivity contribution in [2.75, 3.05) is 0 Å². The lowest BCUT2D eigenvalue weighted by molar-refractivity contribution is -0.136. The molecular weight excluding hydrogens is 186 g/mol. The predicted octanol–water partition coefficient (Wildman–Crippen LogP) is 1.70. The number of aromatic nitrogens is 1. The number of hydrogen-bond acceptors (Lipinski definition) is 2. The van der Waals surface area contributed by atoms with Gasteiger partial charge in [0.25, 0.3) is 0 Å². The molecule has 70 valence electrons. The molecule has 0 atom stereocenters. The van der Waals surface area contributed by atoms with Crippen molar-refractivity contribution in [3.05, 3.63) is 22.5 Å². The molecule has 0 aliphatic carbocycles. The van der Waals surface area contributed by atoms with Crippen LogP contribution in [-0.2, 0) is 22.7 Å². The van der Waals surface area contributed by atoms with Gasteiger partial charge in [-0.1, -0.05) is 0 Å². The van der Waals surface area contributed by atoms with Crippen LogP contribution in [0.25, 0.3) is 0 Å². The number of carboxylic acids is 1. The number of aromatic amines is 1. The molecule has 4 heteroatoms. The Balaban J connectivity index is 2.38. The van der Waals surface area contributed by atoms with Crippen LogP contribution in [0.3, 0.4) is 0 Å². The van der Waals surface area contributed by atoms with Crippen molar-refractivity contribution in [2.24, 2.45) is 0 Å². The molecule has 0 spiro atoms. The van der Waals surface area contributed by atoms with Gasteiger partial charge in [-0.2, -0.15) is 11.8 Å². The molecule has 0 fully saturated rings. The first-order chi connectivity index (χ1) is 6.18. The van der Waals surface area contributed by atoms with Crippen molar-refractivity contribution in [1.29, 1.82) is 0 Å². The Bertz CT molecular complexity index is 357. The Morgan fingerprint density at radius 1 is 1.62 bits per heavy atom. The van der Waals surface area contributed by atoms with E-state index in [0.717, 1.165) is 22.8 Å². The highest BCUT2D eigenvalue weighted by molar-refractivity contribution is 7.98. The Morgan fingerprint density at radius 2 is 2.38 bits per heavy atom. The smallest absolute Gasteiger partial charge is 0.307 e. The number of fused-ring (bicyclic) bond motifs is 1. The van der Waals surface area contributed by atoms with Gasteiger partial charge in [0, 0.05) is 22.9 Å². The highest BCUT2D eigenvalue weighted by Gasteiger charge is 2.21. The van der Waals surface area contributed by atoms with Crippen LogP contribution >= 0.6 is 11.8 Å². The van der Waals surface area contributed by atoms with Crippen molar-refractivity contribution in [2.45, 2.75) is 24.9 Å². The van der Waals surface area contributed by atoms with Gasteiger partial charge in [0.2, 0.25) is 0 Å². The van der Waals surface area contributed by atoms with Gasteiger partial charge in [-0.05, 0) is 18.1 Å². The fourth-order valence-corrected chi connectivity index (χ4v) is 2.83. The number of carboxylic acid groups (broad SMARTS) is 1. The maximum Gasteiger partial charge on any atom is 0.307 e. The van der Waals surface area contributed by atoms with Gasteiger partial charge in [0.1, 0.15) is 0 Å².